The molecule has 0 aliphatic rings. The smallest absolute Gasteiger partial charge is 0.209 e. The van der Waals surface area contributed by atoms with Crippen molar-refractivity contribution in [3.05, 3.63) is 93.1 Å². The Labute approximate surface area is 198 Å². The number of tetrazole rings is 1. The predicted octanol–water partition coefficient (Wildman–Crippen LogP) is 5.71. The second-order valence-electron chi connectivity index (χ2n) is 8.36. The fraction of sp³-hybridized carbons (Fsp3) is 0.154. The molecule has 3 aromatic carbocycles. The van der Waals surface area contributed by atoms with Gasteiger partial charge in [-0.3, -0.25) is 4.79 Å². The van der Waals surface area contributed by atoms with Gasteiger partial charge in [-0.2, -0.15) is 5.21 Å². The Morgan fingerprint density at radius 2 is 1.80 bits per heavy atom. The summed E-state index contributed by atoms with van der Waals surface area (Å²) < 4.78 is 35.5. The highest BCUT2D eigenvalue weighted by Gasteiger charge is 2.22. The molecule has 0 saturated carbocycles. The lowest BCUT2D eigenvalue weighted by Gasteiger charge is -2.20. The largest absolute Gasteiger partial charge is 0.455 e. The van der Waals surface area contributed by atoms with Crippen LogP contribution in [-0.2, 0) is 0 Å². The number of hydrogen-bond acceptors (Lipinski definition) is 6. The van der Waals surface area contributed by atoms with E-state index in [0.717, 1.165) is 5.56 Å². The van der Waals surface area contributed by atoms with Crippen molar-refractivity contribution in [2.45, 2.75) is 26.8 Å². The molecule has 176 valence electrons. The second kappa shape index (κ2) is 8.75. The van der Waals surface area contributed by atoms with Crippen LogP contribution in [0, 0.1) is 25.5 Å². The third-order valence-corrected chi connectivity index (χ3v) is 5.93. The molecule has 0 amide bonds. The topological polar surface area (TPSA) is 96.7 Å². The van der Waals surface area contributed by atoms with Crippen LogP contribution in [-0.4, -0.2) is 20.6 Å². The van der Waals surface area contributed by atoms with Gasteiger partial charge in [0.1, 0.15) is 23.0 Å². The third-order valence-electron chi connectivity index (χ3n) is 5.93. The number of anilines is 1. The van der Waals surface area contributed by atoms with E-state index in [1.165, 1.54) is 12.1 Å². The van der Waals surface area contributed by atoms with Crippen LogP contribution in [0.5, 0.6) is 0 Å². The van der Waals surface area contributed by atoms with Crippen LogP contribution in [0.15, 0.2) is 63.8 Å². The number of nitrogens with zero attached hydrogens (tertiary/aromatic N) is 3. The van der Waals surface area contributed by atoms with Crippen molar-refractivity contribution in [3.8, 4) is 22.7 Å². The fourth-order valence-corrected chi connectivity index (χ4v) is 4.24. The maximum absolute atomic E-state index is 14.7. The summed E-state index contributed by atoms with van der Waals surface area (Å²) in [6.45, 7) is 5.37. The normalized spacial score (nSPS) is 12.1. The van der Waals surface area contributed by atoms with Crippen molar-refractivity contribution in [1.29, 1.82) is 0 Å². The molecule has 0 saturated heterocycles. The number of benzene rings is 3. The van der Waals surface area contributed by atoms with Crippen molar-refractivity contribution in [3.63, 3.8) is 0 Å². The zero-order valence-corrected chi connectivity index (χ0v) is 19.2. The van der Waals surface area contributed by atoms with E-state index in [1.807, 2.05) is 19.9 Å². The Bertz CT molecular complexity index is 1610. The lowest BCUT2D eigenvalue weighted by Crippen LogP contribution is -2.13. The molecule has 9 heteroatoms. The second-order valence-corrected chi connectivity index (χ2v) is 8.36. The summed E-state index contributed by atoms with van der Waals surface area (Å²) in [5.74, 6) is -0.712. The Morgan fingerprint density at radius 1 is 1.03 bits per heavy atom. The van der Waals surface area contributed by atoms with Crippen LogP contribution in [0.4, 0.5) is 14.5 Å². The van der Waals surface area contributed by atoms with Gasteiger partial charge in [-0.15, -0.1) is 10.2 Å². The molecule has 35 heavy (non-hydrogen) atoms. The maximum Gasteiger partial charge on any atom is 0.209 e. The number of hydrogen-bond donors (Lipinski definition) is 2. The third kappa shape index (κ3) is 3.95. The molecule has 0 bridgehead atoms. The van der Waals surface area contributed by atoms with Gasteiger partial charge < -0.3 is 9.73 Å². The van der Waals surface area contributed by atoms with E-state index in [0.29, 0.717) is 27.8 Å². The van der Waals surface area contributed by atoms with E-state index in [4.69, 9.17) is 4.42 Å². The SMILES string of the molecule is Cc1cc([C@@H](C)Nc2cccc(F)c2-c2nn[nH]n2)c2oc(-c3ccccc3F)c(C)c(=O)c2c1. The Balaban J connectivity index is 1.67. The summed E-state index contributed by atoms with van der Waals surface area (Å²) in [5, 5.41) is 17.3. The van der Waals surface area contributed by atoms with Crippen LogP contribution >= 0.6 is 0 Å². The van der Waals surface area contributed by atoms with Crippen molar-refractivity contribution in [2.75, 3.05) is 5.32 Å². The highest BCUT2D eigenvalue weighted by molar-refractivity contribution is 5.85. The maximum atomic E-state index is 14.7. The molecular weight excluding hydrogens is 452 g/mol. The molecular formula is C26H21F2N5O2. The molecule has 7 nitrogen and oxygen atoms in total. The monoisotopic (exact) mass is 473 g/mol. The van der Waals surface area contributed by atoms with Crippen molar-refractivity contribution >= 4 is 16.7 Å². The van der Waals surface area contributed by atoms with Crippen LogP contribution in [0.1, 0.15) is 29.7 Å². The summed E-state index contributed by atoms with van der Waals surface area (Å²) in [5.41, 5.74) is 2.75. The fourth-order valence-electron chi connectivity index (χ4n) is 4.24. The molecule has 2 N–H and O–H groups in total. The first-order valence-electron chi connectivity index (χ1n) is 11.0. The molecule has 0 aliphatic heterocycles. The molecule has 0 aliphatic carbocycles. The molecule has 1 atom stereocenters. The van der Waals surface area contributed by atoms with Crippen molar-refractivity contribution in [1.82, 2.24) is 20.6 Å². The summed E-state index contributed by atoms with van der Waals surface area (Å²) in [6, 6.07) is 14.0. The Hall–Kier alpha value is -4.40. The average Bonchev–Trinajstić information content (AvgIpc) is 3.36. The predicted molar refractivity (Wildman–Crippen MR) is 129 cm³/mol. The van der Waals surface area contributed by atoms with E-state index in [9.17, 15) is 13.6 Å². The molecule has 5 aromatic rings. The Kier molecular flexibility index (Phi) is 5.60. The van der Waals surface area contributed by atoms with Gasteiger partial charge in [-0.25, -0.2) is 8.78 Å². The quantitative estimate of drug-likeness (QED) is 0.340. The standard InChI is InChI=1S/C26H21F2N5O2/c1-13-11-17(15(3)29-21-10-6-9-20(28)22(21)26-30-32-33-31-26)25-18(12-13)23(34)14(2)24(35-25)16-7-4-5-8-19(16)27/h4-12,15,29H,1-3H3,(H,30,31,32,33)/t15-/m1/s1. The highest BCUT2D eigenvalue weighted by Crippen LogP contribution is 2.35. The minimum absolute atomic E-state index is 0.107. The number of rotatable bonds is 5. The van der Waals surface area contributed by atoms with Crippen molar-refractivity contribution in [2.24, 2.45) is 0 Å². The summed E-state index contributed by atoms with van der Waals surface area (Å²) in [4.78, 5) is 13.3. The zero-order chi connectivity index (χ0) is 24.7. The lowest BCUT2D eigenvalue weighted by atomic mass is 9.98. The zero-order valence-electron chi connectivity index (χ0n) is 19.2. The molecule has 0 spiro atoms. The van der Waals surface area contributed by atoms with E-state index in [1.54, 1.807) is 43.3 Å². The lowest BCUT2D eigenvalue weighted by molar-refractivity contribution is 0.586. The first-order valence-corrected chi connectivity index (χ1v) is 11.0. The summed E-state index contributed by atoms with van der Waals surface area (Å²) >= 11 is 0. The average molecular weight is 473 g/mol. The number of aryl methyl sites for hydroxylation is 1. The number of fused-ring (bicyclic) bond motifs is 1. The number of aromatic amines is 1. The molecule has 2 aromatic heterocycles. The van der Waals surface area contributed by atoms with Gasteiger partial charge in [0.05, 0.1) is 22.6 Å². The van der Waals surface area contributed by atoms with Gasteiger partial charge in [0.25, 0.3) is 0 Å². The van der Waals surface area contributed by atoms with E-state index in [2.05, 4.69) is 25.9 Å². The van der Waals surface area contributed by atoms with Gasteiger partial charge in [0.15, 0.2) is 5.43 Å². The van der Waals surface area contributed by atoms with Crippen LogP contribution in [0.2, 0.25) is 0 Å². The van der Waals surface area contributed by atoms with E-state index >= 15 is 0 Å². The van der Waals surface area contributed by atoms with Crippen molar-refractivity contribution < 1.29 is 13.2 Å². The molecule has 5 rings (SSSR count). The summed E-state index contributed by atoms with van der Waals surface area (Å²) in [6.07, 6.45) is 0. The molecule has 0 radical (unpaired) electrons. The highest BCUT2D eigenvalue weighted by atomic mass is 19.1. The first kappa shape index (κ1) is 22.4. The molecule has 2 heterocycles. The van der Waals surface area contributed by atoms with E-state index in [-0.39, 0.29) is 28.1 Å². The number of aromatic nitrogens is 4. The van der Waals surface area contributed by atoms with Gasteiger partial charge in [0.2, 0.25) is 5.82 Å². The number of H-pyrrole nitrogens is 1. The van der Waals surface area contributed by atoms with Crippen LogP contribution in [0.25, 0.3) is 33.7 Å². The number of halogens is 2. The van der Waals surface area contributed by atoms with Gasteiger partial charge >= 0.3 is 0 Å². The van der Waals surface area contributed by atoms with Gasteiger partial charge in [0, 0.05) is 16.8 Å². The van der Waals surface area contributed by atoms with Crippen LogP contribution < -0.4 is 10.7 Å². The van der Waals surface area contributed by atoms with Gasteiger partial charge in [-0.05, 0) is 61.9 Å². The molecule has 0 fully saturated rings. The Morgan fingerprint density at radius 3 is 2.54 bits per heavy atom. The summed E-state index contributed by atoms with van der Waals surface area (Å²) in [7, 11) is 0. The van der Waals surface area contributed by atoms with Crippen LogP contribution in [0.3, 0.4) is 0 Å². The number of nitrogens with one attached hydrogen (secondary N) is 2. The van der Waals surface area contributed by atoms with E-state index < -0.39 is 17.7 Å². The minimum atomic E-state index is -0.512. The minimum Gasteiger partial charge on any atom is -0.455 e. The van der Waals surface area contributed by atoms with Gasteiger partial charge in [-0.1, -0.05) is 24.3 Å². The first-order chi connectivity index (χ1) is 16.8. The molecule has 0 unspecified atom stereocenters.